The molecule has 8 nitrogen and oxygen atoms in total. The SMILES string of the molecule is CC(C)[C@@H](C(=O)Nn1cnnc1)c1ccc([N+](=O)[O-])cc1. The molecular weight excluding hydrogens is 274 g/mol. The number of nitrogens with one attached hydrogen (secondary N) is 1. The zero-order valence-corrected chi connectivity index (χ0v) is 11.6. The van der Waals surface area contributed by atoms with E-state index in [4.69, 9.17) is 0 Å². The van der Waals surface area contributed by atoms with Gasteiger partial charge in [-0.1, -0.05) is 26.0 Å². The summed E-state index contributed by atoms with van der Waals surface area (Å²) in [7, 11) is 0. The van der Waals surface area contributed by atoms with Crippen molar-refractivity contribution < 1.29 is 9.72 Å². The van der Waals surface area contributed by atoms with Gasteiger partial charge in [-0.3, -0.25) is 20.3 Å². The monoisotopic (exact) mass is 289 g/mol. The van der Waals surface area contributed by atoms with Crippen LogP contribution in [0.3, 0.4) is 0 Å². The number of hydrogen-bond acceptors (Lipinski definition) is 5. The average Bonchev–Trinajstić information content (AvgIpc) is 2.91. The Bertz CT molecular complexity index is 622. The van der Waals surface area contributed by atoms with Gasteiger partial charge in [0.05, 0.1) is 10.8 Å². The normalized spacial score (nSPS) is 12.1. The quantitative estimate of drug-likeness (QED) is 0.666. The standard InChI is InChI=1S/C13H15N5O3/c1-9(2)12(13(19)16-17-7-14-15-8-17)10-3-5-11(6-4-10)18(20)21/h3-9,12H,1-2H3,(H,16,19)/t12-/m1/s1. The number of carbonyl (C=O) groups is 1. The Kier molecular flexibility index (Phi) is 4.27. The lowest BCUT2D eigenvalue weighted by Gasteiger charge is -2.20. The molecule has 0 unspecified atom stereocenters. The Morgan fingerprint density at radius 3 is 2.29 bits per heavy atom. The second-order valence-electron chi connectivity index (χ2n) is 4.92. The third-order valence-corrected chi connectivity index (χ3v) is 3.07. The molecule has 1 heterocycles. The van der Waals surface area contributed by atoms with Crippen molar-refractivity contribution in [3.05, 3.63) is 52.6 Å². The summed E-state index contributed by atoms with van der Waals surface area (Å²) in [6.07, 6.45) is 2.76. The molecule has 0 saturated carbocycles. The fourth-order valence-electron chi connectivity index (χ4n) is 2.10. The van der Waals surface area contributed by atoms with Crippen LogP contribution in [-0.2, 0) is 4.79 Å². The summed E-state index contributed by atoms with van der Waals surface area (Å²) in [5.74, 6) is -0.616. The van der Waals surface area contributed by atoms with Crippen LogP contribution >= 0.6 is 0 Å². The van der Waals surface area contributed by atoms with Gasteiger partial charge < -0.3 is 0 Å². The van der Waals surface area contributed by atoms with E-state index in [0.29, 0.717) is 0 Å². The van der Waals surface area contributed by atoms with Crippen LogP contribution in [0.5, 0.6) is 0 Å². The molecule has 1 atom stereocenters. The Labute approximate surface area is 120 Å². The van der Waals surface area contributed by atoms with Gasteiger partial charge in [-0.15, -0.1) is 10.2 Å². The van der Waals surface area contributed by atoms with Crippen LogP contribution < -0.4 is 5.43 Å². The molecule has 0 aliphatic rings. The summed E-state index contributed by atoms with van der Waals surface area (Å²) in [5, 5.41) is 17.9. The Morgan fingerprint density at radius 2 is 1.81 bits per heavy atom. The number of hydrogen-bond donors (Lipinski definition) is 1. The Morgan fingerprint density at radius 1 is 1.24 bits per heavy atom. The van der Waals surface area contributed by atoms with E-state index in [1.807, 2.05) is 13.8 Å². The topological polar surface area (TPSA) is 103 Å². The zero-order chi connectivity index (χ0) is 15.4. The maximum absolute atomic E-state index is 12.3. The highest BCUT2D eigenvalue weighted by Gasteiger charge is 2.25. The van der Waals surface area contributed by atoms with Crippen molar-refractivity contribution in [1.82, 2.24) is 14.9 Å². The molecule has 0 spiro atoms. The first-order valence-corrected chi connectivity index (χ1v) is 6.39. The molecule has 0 bridgehead atoms. The zero-order valence-electron chi connectivity index (χ0n) is 11.6. The molecule has 1 aromatic carbocycles. The molecule has 0 aliphatic heterocycles. The van der Waals surface area contributed by atoms with Crippen LogP contribution in [0.15, 0.2) is 36.9 Å². The van der Waals surface area contributed by atoms with E-state index in [0.717, 1.165) is 5.56 Å². The minimum atomic E-state index is -0.467. The highest BCUT2D eigenvalue weighted by molar-refractivity contribution is 5.90. The number of nitro groups is 1. The van der Waals surface area contributed by atoms with Gasteiger partial charge in [0, 0.05) is 12.1 Å². The predicted molar refractivity (Wildman–Crippen MR) is 75.1 cm³/mol. The minimum absolute atomic E-state index is 0.000439. The molecule has 1 amide bonds. The predicted octanol–water partition coefficient (Wildman–Crippen LogP) is 1.70. The molecule has 110 valence electrons. The number of nitro benzene ring substituents is 1. The van der Waals surface area contributed by atoms with Crippen LogP contribution in [0.1, 0.15) is 25.3 Å². The Hall–Kier alpha value is -2.77. The summed E-state index contributed by atoms with van der Waals surface area (Å²) in [5.41, 5.74) is 3.38. The number of rotatable bonds is 5. The van der Waals surface area contributed by atoms with Crippen molar-refractivity contribution in [2.75, 3.05) is 5.43 Å². The number of non-ortho nitro benzene ring substituents is 1. The largest absolute Gasteiger partial charge is 0.273 e. The molecule has 2 rings (SSSR count). The van der Waals surface area contributed by atoms with Crippen molar-refractivity contribution in [2.24, 2.45) is 5.92 Å². The molecular formula is C13H15N5O3. The summed E-state index contributed by atoms with van der Waals surface area (Å²) in [6, 6.07) is 6.01. The molecule has 0 radical (unpaired) electrons. The summed E-state index contributed by atoms with van der Waals surface area (Å²) in [4.78, 5) is 22.6. The van der Waals surface area contributed by atoms with Crippen molar-refractivity contribution in [3.63, 3.8) is 0 Å². The van der Waals surface area contributed by atoms with Crippen LogP contribution in [-0.4, -0.2) is 25.7 Å². The Balaban J connectivity index is 2.22. The van der Waals surface area contributed by atoms with Crippen LogP contribution in [0.25, 0.3) is 0 Å². The molecule has 0 aliphatic carbocycles. The van der Waals surface area contributed by atoms with Crippen LogP contribution in [0, 0.1) is 16.0 Å². The fourth-order valence-corrected chi connectivity index (χ4v) is 2.10. The van der Waals surface area contributed by atoms with Crippen molar-refractivity contribution >= 4 is 11.6 Å². The second kappa shape index (κ2) is 6.12. The van der Waals surface area contributed by atoms with Gasteiger partial charge in [-0.05, 0) is 11.5 Å². The lowest BCUT2D eigenvalue weighted by atomic mass is 9.88. The van der Waals surface area contributed by atoms with Gasteiger partial charge in [0.15, 0.2) is 0 Å². The highest BCUT2D eigenvalue weighted by atomic mass is 16.6. The van der Waals surface area contributed by atoms with E-state index < -0.39 is 10.8 Å². The van der Waals surface area contributed by atoms with E-state index in [1.54, 1.807) is 12.1 Å². The number of nitrogens with zero attached hydrogens (tertiary/aromatic N) is 4. The van der Waals surface area contributed by atoms with Crippen molar-refractivity contribution in [1.29, 1.82) is 0 Å². The van der Waals surface area contributed by atoms with E-state index in [1.165, 1.54) is 29.5 Å². The van der Waals surface area contributed by atoms with Gasteiger partial charge in [0.2, 0.25) is 5.91 Å². The maximum atomic E-state index is 12.3. The molecule has 1 N–H and O–H groups in total. The van der Waals surface area contributed by atoms with Crippen molar-refractivity contribution in [2.45, 2.75) is 19.8 Å². The number of amides is 1. The molecule has 21 heavy (non-hydrogen) atoms. The average molecular weight is 289 g/mol. The van der Waals surface area contributed by atoms with E-state index in [9.17, 15) is 14.9 Å². The first kappa shape index (κ1) is 14.6. The molecule has 2 aromatic rings. The third-order valence-electron chi connectivity index (χ3n) is 3.07. The number of aromatic nitrogens is 3. The molecule has 0 fully saturated rings. The summed E-state index contributed by atoms with van der Waals surface area (Å²) < 4.78 is 1.36. The lowest BCUT2D eigenvalue weighted by Crippen LogP contribution is -2.30. The fraction of sp³-hybridized carbons (Fsp3) is 0.308. The first-order chi connectivity index (χ1) is 9.99. The van der Waals surface area contributed by atoms with Crippen molar-refractivity contribution in [3.8, 4) is 0 Å². The van der Waals surface area contributed by atoms with Gasteiger partial charge in [0.1, 0.15) is 12.7 Å². The summed E-state index contributed by atoms with van der Waals surface area (Å²) in [6.45, 7) is 3.83. The van der Waals surface area contributed by atoms with E-state index >= 15 is 0 Å². The van der Waals surface area contributed by atoms with Crippen LogP contribution in [0.4, 0.5) is 5.69 Å². The first-order valence-electron chi connectivity index (χ1n) is 6.39. The lowest BCUT2D eigenvalue weighted by molar-refractivity contribution is -0.384. The number of benzene rings is 1. The van der Waals surface area contributed by atoms with Crippen LogP contribution in [0.2, 0.25) is 0 Å². The van der Waals surface area contributed by atoms with E-state index in [2.05, 4.69) is 15.6 Å². The minimum Gasteiger partial charge on any atom is -0.273 e. The van der Waals surface area contributed by atoms with E-state index in [-0.39, 0.29) is 17.5 Å². The molecule has 1 aromatic heterocycles. The van der Waals surface area contributed by atoms with Gasteiger partial charge in [0.25, 0.3) is 5.69 Å². The highest BCUT2D eigenvalue weighted by Crippen LogP contribution is 2.26. The van der Waals surface area contributed by atoms with Gasteiger partial charge >= 0.3 is 0 Å². The number of carbonyl (C=O) groups excluding carboxylic acids is 1. The maximum Gasteiger partial charge on any atom is 0.269 e. The summed E-state index contributed by atoms with van der Waals surface area (Å²) >= 11 is 0. The molecule has 0 saturated heterocycles. The second-order valence-corrected chi connectivity index (χ2v) is 4.92. The smallest absolute Gasteiger partial charge is 0.269 e. The van der Waals surface area contributed by atoms with Gasteiger partial charge in [-0.2, -0.15) is 0 Å². The molecule has 8 heteroatoms. The third kappa shape index (κ3) is 3.41. The van der Waals surface area contributed by atoms with Gasteiger partial charge in [-0.25, -0.2) is 4.68 Å².